The Kier molecular flexibility index (Phi) is 9.95. The van der Waals surface area contributed by atoms with Crippen molar-refractivity contribution in [2.75, 3.05) is 20.0 Å². The number of ether oxygens (including phenoxy) is 2. The van der Waals surface area contributed by atoms with Gasteiger partial charge in [-0.15, -0.1) is 0 Å². The van der Waals surface area contributed by atoms with Gasteiger partial charge in [-0.3, -0.25) is 4.79 Å². The lowest BCUT2D eigenvalue weighted by Gasteiger charge is -2.08. The highest BCUT2D eigenvalue weighted by atomic mass is 35.5. The number of aromatic nitrogens is 2. The minimum absolute atomic E-state index is 0.215. The minimum Gasteiger partial charge on any atom is -0.495 e. The number of halogens is 2. The highest BCUT2D eigenvalue weighted by molar-refractivity contribution is 6.32. The van der Waals surface area contributed by atoms with Crippen LogP contribution in [-0.4, -0.2) is 30.0 Å². The molecule has 2 N–H and O–H groups in total. The highest BCUT2D eigenvalue weighted by Gasteiger charge is 2.09. The monoisotopic (exact) mass is 581 g/mol. The van der Waals surface area contributed by atoms with Crippen LogP contribution in [0.25, 0.3) is 22.5 Å². The first kappa shape index (κ1) is 29.2. The van der Waals surface area contributed by atoms with Crippen molar-refractivity contribution < 1.29 is 14.3 Å². The van der Waals surface area contributed by atoms with Crippen LogP contribution in [0, 0.1) is 11.8 Å². The average Bonchev–Trinajstić information content (AvgIpc) is 3.01. The van der Waals surface area contributed by atoms with Crippen LogP contribution < -0.4 is 15.2 Å². The van der Waals surface area contributed by atoms with Gasteiger partial charge in [0.1, 0.15) is 11.5 Å². The number of benzene rings is 4. The normalized spacial score (nSPS) is 9.95. The summed E-state index contributed by atoms with van der Waals surface area (Å²) in [5.41, 5.74) is 10.4. The van der Waals surface area contributed by atoms with Gasteiger partial charge in [0.05, 0.1) is 35.7 Å². The van der Waals surface area contributed by atoms with Gasteiger partial charge in [-0.25, -0.2) is 9.97 Å². The van der Waals surface area contributed by atoms with Crippen molar-refractivity contribution >= 4 is 34.9 Å². The third-order valence-electron chi connectivity index (χ3n) is 5.77. The zero-order chi connectivity index (χ0) is 29.2. The van der Waals surface area contributed by atoms with Gasteiger partial charge in [-0.2, -0.15) is 0 Å². The van der Waals surface area contributed by atoms with Crippen LogP contribution in [0.4, 0.5) is 5.95 Å². The number of nitrogen functional groups attached to an aromatic ring is 1. The molecular weight excluding hydrogens is 557 g/mol. The molecule has 8 heteroatoms. The predicted octanol–water partition coefficient (Wildman–Crippen LogP) is 7.64. The Bertz CT molecular complexity index is 1720. The summed E-state index contributed by atoms with van der Waals surface area (Å²) in [7, 11) is 3.13. The third kappa shape index (κ3) is 7.86. The van der Waals surface area contributed by atoms with Crippen LogP contribution in [0.3, 0.4) is 0 Å². The highest BCUT2D eigenvalue weighted by Crippen LogP contribution is 2.31. The van der Waals surface area contributed by atoms with Crippen LogP contribution in [0.5, 0.6) is 11.5 Å². The molecule has 0 saturated carbocycles. The fraction of sp³-hybridized carbons (Fsp3) is 0.0606. The number of anilines is 1. The van der Waals surface area contributed by atoms with Crippen molar-refractivity contribution in [1.29, 1.82) is 0 Å². The summed E-state index contributed by atoms with van der Waals surface area (Å²) >= 11 is 12.2. The Labute approximate surface area is 248 Å². The number of rotatable bonds is 5. The molecule has 4 aromatic carbocycles. The second kappa shape index (κ2) is 14.0. The van der Waals surface area contributed by atoms with E-state index in [1.807, 2.05) is 48.5 Å². The quantitative estimate of drug-likeness (QED) is 0.169. The lowest BCUT2D eigenvalue weighted by molar-refractivity contribution is 0.105. The maximum Gasteiger partial charge on any atom is 0.236 e. The van der Waals surface area contributed by atoms with Crippen molar-refractivity contribution in [3.8, 4) is 45.9 Å². The minimum atomic E-state index is -0.215. The number of nitrogens with two attached hydrogens (primary N) is 1. The molecule has 5 aromatic rings. The molecular formula is C33H25Cl2N3O3. The van der Waals surface area contributed by atoms with E-state index in [1.54, 1.807) is 68.8 Å². The summed E-state index contributed by atoms with van der Waals surface area (Å²) in [4.78, 5) is 20.4. The van der Waals surface area contributed by atoms with Gasteiger partial charge in [-0.1, -0.05) is 89.8 Å². The molecule has 0 fully saturated rings. The van der Waals surface area contributed by atoms with E-state index in [-0.39, 0.29) is 11.7 Å². The van der Waals surface area contributed by atoms with E-state index < -0.39 is 0 Å². The van der Waals surface area contributed by atoms with Crippen LogP contribution in [0.2, 0.25) is 10.0 Å². The van der Waals surface area contributed by atoms with Gasteiger partial charge in [0.15, 0.2) is 0 Å². The molecule has 6 nitrogen and oxygen atoms in total. The van der Waals surface area contributed by atoms with Gasteiger partial charge in [0, 0.05) is 22.3 Å². The van der Waals surface area contributed by atoms with Gasteiger partial charge in [0.2, 0.25) is 11.7 Å². The van der Waals surface area contributed by atoms with E-state index >= 15 is 0 Å². The molecule has 0 bridgehead atoms. The number of methoxy groups -OCH3 is 2. The molecule has 0 aliphatic heterocycles. The molecule has 204 valence electrons. The van der Waals surface area contributed by atoms with Crippen molar-refractivity contribution in [2.24, 2.45) is 0 Å². The summed E-state index contributed by atoms with van der Waals surface area (Å²) in [5, 5.41) is 1.000. The number of carbonyl (C=O) groups excluding carboxylic acids is 1. The van der Waals surface area contributed by atoms with Crippen LogP contribution in [0.1, 0.15) is 15.9 Å². The van der Waals surface area contributed by atoms with Crippen molar-refractivity contribution in [2.45, 2.75) is 0 Å². The number of carbonyl (C=O) groups is 1. The standard InChI is InChI=1S/C17H14ClN3O.C16H11ClO2/c1-22-16-8-7-12(9-13(16)18)15-10-14(20-17(19)21-15)11-5-3-2-4-6-11;1-19-16-10-8-12(11-14(16)17)7-9-15(18)13-5-3-2-4-6-13/h2-10H,1H3,(H2,19,20,21);2-6,8,10-11H,1H3. The number of Topliss-reactive ketones (excluding diaryl/α,β-unsaturated/α-hetero) is 1. The summed E-state index contributed by atoms with van der Waals surface area (Å²) in [6.07, 6.45) is 0. The first-order chi connectivity index (χ1) is 19.9. The summed E-state index contributed by atoms with van der Waals surface area (Å²) in [6, 6.07) is 31.3. The molecule has 0 unspecified atom stereocenters. The Morgan fingerprint density at radius 1 is 0.707 bits per heavy atom. The Balaban J connectivity index is 0.000000191. The maximum atomic E-state index is 11.8. The number of nitrogens with zero attached hydrogens (tertiary/aromatic N) is 2. The topological polar surface area (TPSA) is 87.3 Å². The molecule has 0 atom stereocenters. The van der Waals surface area contributed by atoms with E-state index in [0.717, 1.165) is 22.5 Å². The molecule has 5 rings (SSSR count). The fourth-order valence-electron chi connectivity index (χ4n) is 3.73. The molecule has 1 aromatic heterocycles. The zero-order valence-electron chi connectivity index (χ0n) is 22.3. The van der Waals surface area contributed by atoms with Crippen LogP contribution >= 0.6 is 23.2 Å². The maximum absolute atomic E-state index is 11.8. The largest absolute Gasteiger partial charge is 0.495 e. The van der Waals surface area contributed by atoms with Crippen LogP contribution in [0.15, 0.2) is 103 Å². The van der Waals surface area contributed by atoms with E-state index in [0.29, 0.717) is 32.7 Å². The Morgan fingerprint density at radius 2 is 1.27 bits per heavy atom. The number of hydrogen-bond donors (Lipinski definition) is 1. The van der Waals surface area contributed by atoms with Crippen LogP contribution in [-0.2, 0) is 0 Å². The van der Waals surface area contributed by atoms with E-state index in [1.165, 1.54) is 0 Å². The van der Waals surface area contributed by atoms with Crippen molar-refractivity contribution in [1.82, 2.24) is 9.97 Å². The molecule has 0 saturated heterocycles. The molecule has 0 radical (unpaired) electrons. The first-order valence-electron chi connectivity index (χ1n) is 12.4. The average molecular weight is 582 g/mol. The Morgan fingerprint density at radius 3 is 1.85 bits per heavy atom. The second-order valence-corrected chi connectivity index (χ2v) is 9.32. The summed E-state index contributed by atoms with van der Waals surface area (Å²) in [6.45, 7) is 0. The molecule has 0 spiro atoms. The van der Waals surface area contributed by atoms with E-state index in [2.05, 4.69) is 21.8 Å². The van der Waals surface area contributed by atoms with E-state index in [9.17, 15) is 4.79 Å². The molecule has 41 heavy (non-hydrogen) atoms. The first-order valence-corrected chi connectivity index (χ1v) is 13.1. The lowest BCUT2D eigenvalue weighted by atomic mass is 10.1. The smallest absolute Gasteiger partial charge is 0.236 e. The van der Waals surface area contributed by atoms with E-state index in [4.69, 9.17) is 38.4 Å². The molecule has 1 heterocycles. The second-order valence-electron chi connectivity index (χ2n) is 8.51. The zero-order valence-corrected chi connectivity index (χ0v) is 23.8. The fourth-order valence-corrected chi connectivity index (χ4v) is 4.25. The molecule has 0 amide bonds. The van der Waals surface area contributed by atoms with Gasteiger partial charge in [-0.05, 0) is 48.4 Å². The lowest BCUT2D eigenvalue weighted by Crippen LogP contribution is -1.98. The van der Waals surface area contributed by atoms with Crippen molar-refractivity contribution in [3.05, 3.63) is 124 Å². The number of hydrogen-bond acceptors (Lipinski definition) is 6. The summed E-state index contributed by atoms with van der Waals surface area (Å²) < 4.78 is 10.2. The third-order valence-corrected chi connectivity index (χ3v) is 6.36. The SMILES string of the molecule is COc1ccc(-c2cc(-c3ccccc3)nc(N)n2)cc1Cl.COc1ccc(C#CC(=O)c2ccccc2)cc1Cl. The predicted molar refractivity (Wildman–Crippen MR) is 165 cm³/mol. The molecule has 0 aliphatic rings. The van der Waals surface area contributed by atoms with Crippen molar-refractivity contribution in [3.63, 3.8) is 0 Å². The summed E-state index contributed by atoms with van der Waals surface area (Å²) in [5.74, 6) is 6.60. The molecule has 0 aliphatic carbocycles. The van der Waals surface area contributed by atoms with Gasteiger partial charge < -0.3 is 15.2 Å². The Hall–Kier alpha value is -4.83. The van der Waals surface area contributed by atoms with Gasteiger partial charge >= 0.3 is 0 Å². The number of ketones is 1. The van der Waals surface area contributed by atoms with Gasteiger partial charge in [0.25, 0.3) is 0 Å².